The number of benzene rings is 1. The van der Waals surface area contributed by atoms with E-state index in [9.17, 15) is 9.90 Å². The van der Waals surface area contributed by atoms with Gasteiger partial charge in [-0.05, 0) is 45.0 Å². The minimum absolute atomic E-state index is 0.00736. The van der Waals surface area contributed by atoms with Gasteiger partial charge in [0.1, 0.15) is 11.4 Å². The van der Waals surface area contributed by atoms with Gasteiger partial charge in [0, 0.05) is 12.1 Å². The van der Waals surface area contributed by atoms with E-state index in [1.165, 1.54) is 6.92 Å². The van der Waals surface area contributed by atoms with Crippen LogP contribution < -0.4 is 10.1 Å². The SMILES string of the molecule is CC(C)Oc1ccc(C(=O)NCC(C)(O)CO)cc1. The quantitative estimate of drug-likeness (QED) is 0.717. The van der Waals surface area contributed by atoms with Crippen molar-refractivity contribution in [2.24, 2.45) is 0 Å². The molecule has 0 saturated heterocycles. The van der Waals surface area contributed by atoms with Gasteiger partial charge in [0.05, 0.1) is 12.7 Å². The van der Waals surface area contributed by atoms with E-state index in [-0.39, 0.29) is 18.6 Å². The number of hydrogen-bond acceptors (Lipinski definition) is 4. The van der Waals surface area contributed by atoms with Gasteiger partial charge in [-0.15, -0.1) is 0 Å². The first-order valence-electron chi connectivity index (χ1n) is 6.22. The highest BCUT2D eigenvalue weighted by Crippen LogP contribution is 2.13. The van der Waals surface area contributed by atoms with Crippen LogP contribution in [0.15, 0.2) is 24.3 Å². The Balaban J connectivity index is 2.58. The summed E-state index contributed by atoms with van der Waals surface area (Å²) < 4.78 is 5.48. The third-order valence-electron chi connectivity index (χ3n) is 2.46. The first kappa shape index (κ1) is 15.5. The Morgan fingerprint density at radius 2 is 1.95 bits per heavy atom. The van der Waals surface area contributed by atoms with E-state index in [0.29, 0.717) is 11.3 Å². The van der Waals surface area contributed by atoms with Crippen LogP contribution in [0.1, 0.15) is 31.1 Å². The molecule has 0 aliphatic rings. The second-order valence-corrected chi connectivity index (χ2v) is 5.03. The van der Waals surface area contributed by atoms with Crippen molar-refractivity contribution >= 4 is 5.91 Å². The Morgan fingerprint density at radius 1 is 1.37 bits per heavy atom. The standard InChI is InChI=1S/C14H21NO4/c1-10(2)19-12-6-4-11(5-7-12)13(17)15-8-14(3,18)9-16/h4-7,10,16,18H,8-9H2,1-3H3,(H,15,17). The fourth-order valence-electron chi connectivity index (χ4n) is 1.39. The molecule has 3 N–H and O–H groups in total. The molecule has 0 radical (unpaired) electrons. The number of carbonyl (C=O) groups excluding carboxylic acids is 1. The van der Waals surface area contributed by atoms with Crippen molar-refractivity contribution in [3.8, 4) is 5.75 Å². The number of rotatable bonds is 6. The lowest BCUT2D eigenvalue weighted by molar-refractivity contribution is 0.00320. The second kappa shape index (κ2) is 6.54. The number of ether oxygens (including phenoxy) is 1. The van der Waals surface area contributed by atoms with Crippen LogP contribution in [0.3, 0.4) is 0 Å². The molecule has 0 saturated carbocycles. The predicted molar refractivity (Wildman–Crippen MR) is 72.2 cm³/mol. The highest BCUT2D eigenvalue weighted by Gasteiger charge is 2.20. The molecule has 1 atom stereocenters. The molecule has 1 aromatic carbocycles. The van der Waals surface area contributed by atoms with Crippen molar-refractivity contribution in [2.45, 2.75) is 32.5 Å². The van der Waals surface area contributed by atoms with E-state index in [1.807, 2.05) is 13.8 Å². The van der Waals surface area contributed by atoms with Crippen LogP contribution in [-0.4, -0.2) is 41.0 Å². The average Bonchev–Trinajstić information content (AvgIpc) is 2.36. The Labute approximate surface area is 113 Å². The zero-order valence-corrected chi connectivity index (χ0v) is 11.5. The van der Waals surface area contributed by atoms with E-state index in [2.05, 4.69) is 5.32 Å². The zero-order chi connectivity index (χ0) is 14.5. The summed E-state index contributed by atoms with van der Waals surface area (Å²) in [4.78, 5) is 11.8. The van der Waals surface area contributed by atoms with Gasteiger partial charge in [0.2, 0.25) is 0 Å². The molecular formula is C14H21NO4. The molecule has 0 aromatic heterocycles. The maximum absolute atomic E-state index is 11.8. The van der Waals surface area contributed by atoms with Gasteiger partial charge in [-0.3, -0.25) is 4.79 Å². The molecule has 0 heterocycles. The molecule has 106 valence electrons. The largest absolute Gasteiger partial charge is 0.491 e. The van der Waals surface area contributed by atoms with E-state index < -0.39 is 12.2 Å². The number of carbonyl (C=O) groups is 1. The first-order chi connectivity index (χ1) is 8.84. The summed E-state index contributed by atoms with van der Waals surface area (Å²) in [5.74, 6) is 0.402. The van der Waals surface area contributed by atoms with Crippen molar-refractivity contribution in [3.63, 3.8) is 0 Å². The number of amides is 1. The van der Waals surface area contributed by atoms with Crippen LogP contribution in [-0.2, 0) is 0 Å². The summed E-state index contributed by atoms with van der Waals surface area (Å²) in [6.07, 6.45) is 0.0827. The van der Waals surface area contributed by atoms with Crippen molar-refractivity contribution in [1.82, 2.24) is 5.32 Å². The van der Waals surface area contributed by atoms with E-state index in [1.54, 1.807) is 24.3 Å². The zero-order valence-electron chi connectivity index (χ0n) is 11.5. The molecule has 0 aliphatic heterocycles. The van der Waals surface area contributed by atoms with E-state index >= 15 is 0 Å². The van der Waals surface area contributed by atoms with Gasteiger partial charge in [-0.1, -0.05) is 0 Å². The number of aliphatic hydroxyl groups is 2. The van der Waals surface area contributed by atoms with Gasteiger partial charge >= 0.3 is 0 Å². The van der Waals surface area contributed by atoms with Gasteiger partial charge in [-0.2, -0.15) is 0 Å². The molecular weight excluding hydrogens is 246 g/mol. The normalized spacial score (nSPS) is 14.0. The van der Waals surface area contributed by atoms with Crippen LogP contribution in [0.2, 0.25) is 0 Å². The Morgan fingerprint density at radius 3 is 2.42 bits per heavy atom. The Kier molecular flexibility index (Phi) is 5.32. The molecule has 1 aromatic rings. The van der Waals surface area contributed by atoms with Gasteiger partial charge in [0.25, 0.3) is 5.91 Å². The van der Waals surface area contributed by atoms with Crippen LogP contribution in [0.4, 0.5) is 0 Å². The predicted octanol–water partition coefficient (Wildman–Crippen LogP) is 0.947. The average molecular weight is 267 g/mol. The number of aliphatic hydroxyl groups excluding tert-OH is 1. The summed E-state index contributed by atoms with van der Waals surface area (Å²) in [6, 6.07) is 6.75. The van der Waals surface area contributed by atoms with Crippen LogP contribution in [0.5, 0.6) is 5.75 Å². The topological polar surface area (TPSA) is 78.8 Å². The number of nitrogens with one attached hydrogen (secondary N) is 1. The van der Waals surface area contributed by atoms with Gasteiger partial charge < -0.3 is 20.3 Å². The maximum Gasteiger partial charge on any atom is 0.251 e. The van der Waals surface area contributed by atoms with E-state index in [4.69, 9.17) is 9.84 Å². The van der Waals surface area contributed by atoms with Gasteiger partial charge in [0.15, 0.2) is 0 Å². The molecule has 19 heavy (non-hydrogen) atoms. The third kappa shape index (κ3) is 5.28. The summed E-state index contributed by atoms with van der Waals surface area (Å²) in [5.41, 5.74) is -0.832. The van der Waals surface area contributed by atoms with Crippen LogP contribution in [0, 0.1) is 0 Å². The monoisotopic (exact) mass is 267 g/mol. The molecule has 5 heteroatoms. The maximum atomic E-state index is 11.8. The lowest BCUT2D eigenvalue weighted by atomic mass is 10.1. The molecule has 0 aliphatic carbocycles. The van der Waals surface area contributed by atoms with Crippen molar-refractivity contribution in [2.75, 3.05) is 13.2 Å². The van der Waals surface area contributed by atoms with Crippen LogP contribution in [0.25, 0.3) is 0 Å². The van der Waals surface area contributed by atoms with Crippen molar-refractivity contribution in [3.05, 3.63) is 29.8 Å². The minimum atomic E-state index is -1.31. The molecule has 0 bridgehead atoms. The summed E-state index contributed by atoms with van der Waals surface area (Å²) >= 11 is 0. The third-order valence-corrected chi connectivity index (χ3v) is 2.46. The fourth-order valence-corrected chi connectivity index (χ4v) is 1.39. The number of hydrogen-bond donors (Lipinski definition) is 3. The highest BCUT2D eigenvalue weighted by molar-refractivity contribution is 5.94. The Hall–Kier alpha value is -1.59. The molecule has 1 amide bonds. The summed E-state index contributed by atoms with van der Waals surface area (Å²) in [7, 11) is 0. The lowest BCUT2D eigenvalue weighted by Gasteiger charge is -2.20. The summed E-state index contributed by atoms with van der Waals surface area (Å²) in [5, 5.41) is 21.0. The molecule has 0 fully saturated rings. The van der Waals surface area contributed by atoms with Crippen molar-refractivity contribution < 1.29 is 19.7 Å². The molecule has 0 spiro atoms. The smallest absolute Gasteiger partial charge is 0.251 e. The molecule has 1 unspecified atom stereocenters. The Bertz CT molecular complexity index is 412. The molecule has 5 nitrogen and oxygen atoms in total. The fraction of sp³-hybridized carbons (Fsp3) is 0.500. The highest BCUT2D eigenvalue weighted by atomic mass is 16.5. The van der Waals surface area contributed by atoms with Gasteiger partial charge in [-0.25, -0.2) is 0 Å². The summed E-state index contributed by atoms with van der Waals surface area (Å²) in [6.45, 7) is 4.89. The van der Waals surface area contributed by atoms with Crippen molar-refractivity contribution in [1.29, 1.82) is 0 Å². The van der Waals surface area contributed by atoms with E-state index in [0.717, 1.165) is 0 Å². The molecule has 1 rings (SSSR count). The second-order valence-electron chi connectivity index (χ2n) is 5.03. The first-order valence-corrected chi connectivity index (χ1v) is 6.22. The minimum Gasteiger partial charge on any atom is -0.491 e. The van der Waals surface area contributed by atoms with Crippen LogP contribution >= 0.6 is 0 Å². The lowest BCUT2D eigenvalue weighted by Crippen LogP contribution is -2.43.